The van der Waals surface area contributed by atoms with Crippen LogP contribution < -0.4 is 4.90 Å². The normalized spacial score (nSPS) is 34.4. The Labute approximate surface area is 151 Å². The minimum atomic E-state index is -1.30. The summed E-state index contributed by atoms with van der Waals surface area (Å²) >= 11 is 1.31. The van der Waals surface area contributed by atoms with Crippen molar-refractivity contribution in [3.63, 3.8) is 0 Å². The number of para-hydroxylation sites is 1. The van der Waals surface area contributed by atoms with Crippen LogP contribution in [0.4, 0.5) is 5.69 Å². The number of benzene rings is 1. The zero-order chi connectivity index (χ0) is 18.6. The minimum Gasteiger partial charge on any atom is -0.469 e. The van der Waals surface area contributed by atoms with E-state index < -0.39 is 28.2 Å². The van der Waals surface area contributed by atoms with Crippen molar-refractivity contribution in [3.8, 4) is 0 Å². The Morgan fingerprint density at radius 1 is 1.20 bits per heavy atom. The highest BCUT2D eigenvalue weighted by molar-refractivity contribution is 8.00. The number of carbonyl (C=O) groups excluding carboxylic acids is 3. The van der Waals surface area contributed by atoms with Gasteiger partial charge in [-0.2, -0.15) is 0 Å². The summed E-state index contributed by atoms with van der Waals surface area (Å²) in [6.07, 6.45) is 1.81. The van der Waals surface area contributed by atoms with Crippen LogP contribution in [0.2, 0.25) is 0 Å². The van der Waals surface area contributed by atoms with Gasteiger partial charge in [0.25, 0.3) is 0 Å². The molecule has 0 unspecified atom stereocenters. The van der Waals surface area contributed by atoms with E-state index in [1.54, 1.807) is 25.8 Å². The first-order chi connectivity index (χ1) is 11.8. The summed E-state index contributed by atoms with van der Waals surface area (Å²) in [5.41, 5.74) is -0.644. The van der Waals surface area contributed by atoms with Crippen molar-refractivity contribution in [2.24, 2.45) is 17.3 Å². The monoisotopic (exact) mass is 362 g/mol. The maximum absolute atomic E-state index is 13.4. The maximum atomic E-state index is 13.4. The standard InChI is InChI=1S/C18H22N2O4S/c1-11-13(14(21)24-4)18(25-5)19(3)15(22)17(11,2)16(23)20(18)12-9-7-6-8-10-12/h6-11,13H,1-5H3/t11-,13+,17-,18-/m1/s1. The molecule has 1 aromatic rings. The van der Waals surface area contributed by atoms with Gasteiger partial charge in [-0.3, -0.25) is 19.3 Å². The van der Waals surface area contributed by atoms with Crippen molar-refractivity contribution in [1.82, 2.24) is 4.90 Å². The summed E-state index contributed by atoms with van der Waals surface area (Å²) in [5, 5.41) is 0. The van der Waals surface area contributed by atoms with E-state index in [-0.39, 0.29) is 11.8 Å². The Balaban J connectivity index is 2.32. The first-order valence-corrected chi connectivity index (χ1v) is 9.31. The SMILES string of the molecule is COC(=O)[C@@H]1[C@@H](C)[C@]2(C)C(=O)N(C)[C@@]1(SC)N(c1ccccc1)C2=O. The van der Waals surface area contributed by atoms with E-state index in [0.29, 0.717) is 5.69 Å². The predicted octanol–water partition coefficient (Wildman–Crippen LogP) is 1.95. The van der Waals surface area contributed by atoms with E-state index in [1.165, 1.54) is 23.8 Å². The molecule has 134 valence electrons. The molecule has 2 bridgehead atoms. The number of rotatable bonds is 3. The zero-order valence-electron chi connectivity index (χ0n) is 15.0. The molecule has 3 aliphatic rings. The molecule has 0 aromatic heterocycles. The Morgan fingerprint density at radius 3 is 2.32 bits per heavy atom. The lowest BCUT2D eigenvalue weighted by molar-refractivity contribution is -0.184. The third-order valence-electron chi connectivity index (χ3n) is 5.78. The van der Waals surface area contributed by atoms with Crippen LogP contribution in [0.15, 0.2) is 30.3 Å². The third kappa shape index (κ3) is 1.96. The molecule has 3 fully saturated rings. The highest BCUT2D eigenvalue weighted by Gasteiger charge is 2.74. The van der Waals surface area contributed by atoms with Crippen LogP contribution in [-0.4, -0.2) is 48.1 Å². The number of amides is 2. The summed E-state index contributed by atoms with van der Waals surface area (Å²) in [6, 6.07) is 9.16. The van der Waals surface area contributed by atoms with Gasteiger partial charge in [0.1, 0.15) is 11.3 Å². The fourth-order valence-electron chi connectivity index (χ4n) is 4.23. The van der Waals surface area contributed by atoms with Crippen molar-refractivity contribution in [1.29, 1.82) is 0 Å². The Bertz CT molecular complexity index is 740. The number of hydrogen-bond donors (Lipinski definition) is 0. The molecule has 1 aromatic carbocycles. The second-order valence-electron chi connectivity index (χ2n) is 6.69. The highest BCUT2D eigenvalue weighted by atomic mass is 32.2. The number of thioether (sulfide) groups is 1. The van der Waals surface area contributed by atoms with Crippen LogP contribution in [0, 0.1) is 17.3 Å². The Kier molecular flexibility index (Phi) is 4.10. The van der Waals surface area contributed by atoms with E-state index in [2.05, 4.69) is 0 Å². The van der Waals surface area contributed by atoms with Gasteiger partial charge in [-0.05, 0) is 31.2 Å². The molecule has 0 N–H and O–H groups in total. The lowest BCUT2D eigenvalue weighted by Gasteiger charge is -2.65. The lowest BCUT2D eigenvalue weighted by Crippen LogP contribution is -2.82. The molecule has 0 aliphatic carbocycles. The van der Waals surface area contributed by atoms with Crippen LogP contribution in [0.5, 0.6) is 0 Å². The van der Waals surface area contributed by atoms with Crippen LogP contribution in [0.1, 0.15) is 13.8 Å². The second kappa shape index (κ2) is 5.76. The highest BCUT2D eigenvalue weighted by Crippen LogP contribution is 2.59. The topological polar surface area (TPSA) is 66.9 Å². The largest absolute Gasteiger partial charge is 0.469 e. The van der Waals surface area contributed by atoms with Gasteiger partial charge < -0.3 is 9.64 Å². The molecule has 7 heteroatoms. The van der Waals surface area contributed by atoms with Crippen molar-refractivity contribution >= 4 is 35.2 Å². The Hall–Kier alpha value is -2.02. The predicted molar refractivity (Wildman–Crippen MR) is 95.7 cm³/mol. The molecule has 0 saturated carbocycles. The Morgan fingerprint density at radius 2 is 1.80 bits per heavy atom. The molecule has 25 heavy (non-hydrogen) atoms. The molecular formula is C18H22N2O4S. The molecule has 0 spiro atoms. The molecule has 4 rings (SSSR count). The summed E-state index contributed by atoms with van der Waals surface area (Å²) in [7, 11) is 2.99. The van der Waals surface area contributed by atoms with E-state index in [4.69, 9.17) is 4.74 Å². The number of esters is 1. The summed E-state index contributed by atoms with van der Waals surface area (Å²) in [6.45, 7) is 3.42. The average Bonchev–Trinajstić information content (AvgIpc) is 2.63. The van der Waals surface area contributed by atoms with Gasteiger partial charge in [-0.15, -0.1) is 11.8 Å². The quantitative estimate of drug-likeness (QED) is 0.607. The molecule has 3 heterocycles. The molecule has 2 amide bonds. The number of anilines is 1. The van der Waals surface area contributed by atoms with Crippen molar-refractivity contribution < 1.29 is 19.1 Å². The molecule has 6 nitrogen and oxygen atoms in total. The number of piperidine rings is 2. The van der Waals surface area contributed by atoms with Gasteiger partial charge in [0.15, 0.2) is 4.99 Å². The number of carbonyl (C=O) groups is 3. The van der Waals surface area contributed by atoms with Crippen molar-refractivity contribution in [2.75, 3.05) is 25.3 Å². The fourth-order valence-corrected chi connectivity index (χ4v) is 5.51. The third-order valence-corrected chi connectivity index (χ3v) is 7.09. The lowest BCUT2D eigenvalue weighted by atomic mass is 9.61. The van der Waals surface area contributed by atoms with Gasteiger partial charge >= 0.3 is 5.97 Å². The first kappa shape index (κ1) is 17.8. The number of ether oxygens (including phenoxy) is 1. The number of methoxy groups -OCH3 is 1. The van der Waals surface area contributed by atoms with Gasteiger partial charge in [0.2, 0.25) is 11.8 Å². The minimum absolute atomic E-state index is 0.258. The van der Waals surface area contributed by atoms with Crippen LogP contribution in [0.25, 0.3) is 0 Å². The fraction of sp³-hybridized carbons (Fsp3) is 0.500. The van der Waals surface area contributed by atoms with Crippen LogP contribution >= 0.6 is 11.8 Å². The number of fused-ring (bicyclic) bond motifs is 3. The van der Waals surface area contributed by atoms with Gasteiger partial charge in [0.05, 0.1) is 7.11 Å². The average molecular weight is 362 g/mol. The molecule has 0 radical (unpaired) electrons. The summed E-state index contributed by atoms with van der Waals surface area (Å²) in [4.78, 5) is 41.1. The molecule has 4 atom stereocenters. The second-order valence-corrected chi connectivity index (χ2v) is 7.70. The summed E-state index contributed by atoms with van der Waals surface area (Å²) in [5.74, 6) is -2.07. The van der Waals surface area contributed by atoms with Crippen LogP contribution in [0.3, 0.4) is 0 Å². The first-order valence-electron chi connectivity index (χ1n) is 8.09. The molecule has 3 saturated heterocycles. The van der Waals surface area contributed by atoms with E-state index >= 15 is 0 Å². The molecule has 3 aliphatic heterocycles. The maximum Gasteiger partial charge on any atom is 0.314 e. The number of hydrogen-bond acceptors (Lipinski definition) is 5. The van der Waals surface area contributed by atoms with Crippen molar-refractivity contribution in [2.45, 2.75) is 18.8 Å². The van der Waals surface area contributed by atoms with E-state index in [1.807, 2.05) is 36.6 Å². The van der Waals surface area contributed by atoms with Crippen molar-refractivity contribution in [3.05, 3.63) is 30.3 Å². The number of nitrogens with zero attached hydrogens (tertiary/aromatic N) is 2. The van der Waals surface area contributed by atoms with E-state index in [0.717, 1.165) is 0 Å². The summed E-state index contributed by atoms with van der Waals surface area (Å²) < 4.78 is 5.06. The molecular weight excluding hydrogens is 340 g/mol. The smallest absolute Gasteiger partial charge is 0.314 e. The van der Waals surface area contributed by atoms with Gasteiger partial charge in [-0.1, -0.05) is 25.1 Å². The van der Waals surface area contributed by atoms with E-state index in [9.17, 15) is 14.4 Å². The van der Waals surface area contributed by atoms with Crippen LogP contribution in [-0.2, 0) is 19.1 Å². The van der Waals surface area contributed by atoms with Gasteiger partial charge in [-0.25, -0.2) is 0 Å². The zero-order valence-corrected chi connectivity index (χ0v) is 15.8. The van der Waals surface area contributed by atoms with Gasteiger partial charge in [0, 0.05) is 12.7 Å².